The number of carbonyl (C=O) groups is 1. The Labute approximate surface area is 143 Å². The first-order valence-corrected chi connectivity index (χ1v) is 8.49. The Morgan fingerprint density at radius 1 is 1.17 bits per heavy atom. The van der Waals surface area contributed by atoms with Crippen molar-refractivity contribution in [1.29, 1.82) is 0 Å². The van der Waals surface area contributed by atoms with Crippen LogP contribution in [0.2, 0.25) is 0 Å². The van der Waals surface area contributed by atoms with Gasteiger partial charge in [-0.2, -0.15) is 0 Å². The zero-order chi connectivity index (χ0) is 16.8. The van der Waals surface area contributed by atoms with Crippen molar-refractivity contribution in [3.63, 3.8) is 0 Å². The molecule has 24 heavy (non-hydrogen) atoms. The molecule has 2 amide bonds. The predicted molar refractivity (Wildman–Crippen MR) is 93.0 cm³/mol. The zero-order valence-corrected chi connectivity index (χ0v) is 14.0. The number of nitrogens with zero attached hydrogens (tertiary/aromatic N) is 2. The maximum absolute atomic E-state index is 12.0. The molecule has 1 atom stereocenters. The second kappa shape index (κ2) is 7.74. The van der Waals surface area contributed by atoms with Gasteiger partial charge in [-0.15, -0.1) is 10.2 Å². The third-order valence-electron chi connectivity index (χ3n) is 3.48. The first kappa shape index (κ1) is 16.2. The third kappa shape index (κ3) is 4.42. The lowest BCUT2D eigenvalue weighted by molar-refractivity contribution is 0.247. The topological polar surface area (TPSA) is 80.0 Å². The Kier molecular flexibility index (Phi) is 5.22. The van der Waals surface area contributed by atoms with Crippen molar-refractivity contribution in [3.8, 4) is 0 Å². The first-order valence-electron chi connectivity index (χ1n) is 7.68. The molecule has 0 radical (unpaired) electrons. The van der Waals surface area contributed by atoms with Gasteiger partial charge in [-0.1, -0.05) is 41.7 Å². The van der Waals surface area contributed by atoms with Crippen LogP contribution in [0.25, 0.3) is 0 Å². The van der Waals surface area contributed by atoms with Crippen LogP contribution in [0.3, 0.4) is 0 Å². The number of carbonyl (C=O) groups excluding carboxylic acids is 1. The molecule has 2 N–H and O–H groups in total. The van der Waals surface area contributed by atoms with Gasteiger partial charge < -0.3 is 9.73 Å². The van der Waals surface area contributed by atoms with E-state index in [2.05, 4.69) is 33.0 Å². The van der Waals surface area contributed by atoms with Gasteiger partial charge >= 0.3 is 6.03 Å². The molecule has 3 rings (SSSR count). The van der Waals surface area contributed by atoms with Crippen molar-refractivity contribution in [1.82, 2.24) is 15.5 Å². The van der Waals surface area contributed by atoms with Gasteiger partial charge in [0.2, 0.25) is 5.13 Å². The minimum Gasteiger partial charge on any atom is -0.467 e. The molecule has 124 valence electrons. The third-order valence-corrected chi connectivity index (χ3v) is 4.37. The van der Waals surface area contributed by atoms with Gasteiger partial charge in [-0.05, 0) is 31.0 Å². The van der Waals surface area contributed by atoms with E-state index in [0.717, 1.165) is 17.8 Å². The summed E-state index contributed by atoms with van der Waals surface area (Å²) in [5.41, 5.74) is 1.26. The Hall–Kier alpha value is -2.67. The monoisotopic (exact) mass is 342 g/mol. The highest BCUT2D eigenvalue weighted by atomic mass is 32.1. The highest BCUT2D eigenvalue weighted by Gasteiger charge is 2.13. The molecule has 0 fully saturated rings. The number of aromatic nitrogens is 2. The average Bonchev–Trinajstić information content (AvgIpc) is 3.25. The number of furan rings is 1. The molecule has 0 saturated heterocycles. The van der Waals surface area contributed by atoms with Crippen molar-refractivity contribution < 1.29 is 9.21 Å². The summed E-state index contributed by atoms with van der Waals surface area (Å²) >= 11 is 1.39. The fourth-order valence-corrected chi connectivity index (χ4v) is 2.97. The number of urea groups is 1. The van der Waals surface area contributed by atoms with E-state index in [4.69, 9.17) is 4.42 Å². The highest BCUT2D eigenvalue weighted by molar-refractivity contribution is 7.15. The number of anilines is 1. The summed E-state index contributed by atoms with van der Waals surface area (Å²) in [5.74, 6) is 0.700. The summed E-state index contributed by atoms with van der Waals surface area (Å²) in [7, 11) is 0. The van der Waals surface area contributed by atoms with E-state index in [1.807, 2.05) is 31.2 Å². The molecule has 0 aliphatic carbocycles. The lowest BCUT2D eigenvalue weighted by atomic mass is 10.1. The number of amides is 2. The quantitative estimate of drug-likeness (QED) is 0.714. The van der Waals surface area contributed by atoms with E-state index < -0.39 is 0 Å². The van der Waals surface area contributed by atoms with Gasteiger partial charge in [0.25, 0.3) is 0 Å². The number of aryl methyl sites for hydroxylation is 2. The van der Waals surface area contributed by atoms with Crippen molar-refractivity contribution in [3.05, 3.63) is 65.1 Å². The molecule has 0 saturated carbocycles. The SMILES string of the molecule is CC(NC(=O)Nc1nnc(CCc2ccccc2)s1)c1ccco1. The van der Waals surface area contributed by atoms with Crippen LogP contribution in [-0.2, 0) is 12.8 Å². The van der Waals surface area contributed by atoms with Crippen LogP contribution >= 0.6 is 11.3 Å². The van der Waals surface area contributed by atoms with Crippen molar-refractivity contribution in [2.24, 2.45) is 0 Å². The molecular weight excluding hydrogens is 324 g/mol. The van der Waals surface area contributed by atoms with Crippen LogP contribution in [0.4, 0.5) is 9.93 Å². The number of nitrogens with one attached hydrogen (secondary N) is 2. The largest absolute Gasteiger partial charge is 0.467 e. The first-order chi connectivity index (χ1) is 11.7. The Bertz CT molecular complexity index is 771. The van der Waals surface area contributed by atoms with Gasteiger partial charge in [0.05, 0.1) is 12.3 Å². The lowest BCUT2D eigenvalue weighted by Gasteiger charge is -2.10. The molecule has 7 heteroatoms. The normalized spacial score (nSPS) is 11.9. The summed E-state index contributed by atoms with van der Waals surface area (Å²) in [6, 6.07) is 13.3. The second-order valence-corrected chi connectivity index (χ2v) is 6.38. The molecule has 0 bridgehead atoms. The summed E-state index contributed by atoms with van der Waals surface area (Å²) in [6.45, 7) is 1.85. The molecule has 3 aromatic rings. The van der Waals surface area contributed by atoms with Gasteiger partial charge in [-0.3, -0.25) is 5.32 Å². The number of rotatable bonds is 6. The van der Waals surface area contributed by atoms with Crippen LogP contribution in [0, 0.1) is 0 Å². The maximum Gasteiger partial charge on any atom is 0.321 e. The molecule has 6 nitrogen and oxygen atoms in total. The van der Waals surface area contributed by atoms with Crippen molar-refractivity contribution in [2.75, 3.05) is 5.32 Å². The molecule has 0 spiro atoms. The van der Waals surface area contributed by atoms with Gasteiger partial charge in [0, 0.05) is 6.42 Å². The van der Waals surface area contributed by atoms with Crippen molar-refractivity contribution in [2.45, 2.75) is 25.8 Å². The second-order valence-electron chi connectivity index (χ2n) is 5.32. The average molecular weight is 342 g/mol. The van der Waals surface area contributed by atoms with Crippen LogP contribution in [0.5, 0.6) is 0 Å². The summed E-state index contributed by atoms with van der Waals surface area (Å²) in [4.78, 5) is 12.0. The standard InChI is InChI=1S/C17H18N4O2S/c1-12(14-8-5-11-23-14)18-16(22)19-17-21-20-15(24-17)10-9-13-6-3-2-4-7-13/h2-8,11-12H,9-10H2,1H3,(H2,18,19,21,22). The number of benzene rings is 1. The number of hydrogen-bond acceptors (Lipinski definition) is 5. The van der Waals surface area contributed by atoms with Crippen LogP contribution in [0.15, 0.2) is 53.1 Å². The molecule has 2 heterocycles. The summed E-state index contributed by atoms with van der Waals surface area (Å²) in [5, 5.41) is 15.0. The van der Waals surface area contributed by atoms with E-state index in [0.29, 0.717) is 10.9 Å². The Balaban J connectivity index is 1.49. The van der Waals surface area contributed by atoms with E-state index >= 15 is 0 Å². The Morgan fingerprint density at radius 3 is 2.75 bits per heavy atom. The van der Waals surface area contributed by atoms with Crippen LogP contribution in [0.1, 0.15) is 29.3 Å². The summed E-state index contributed by atoms with van der Waals surface area (Å²) < 4.78 is 5.26. The summed E-state index contributed by atoms with van der Waals surface area (Å²) in [6.07, 6.45) is 3.28. The zero-order valence-electron chi connectivity index (χ0n) is 13.2. The molecule has 0 aliphatic heterocycles. The fraction of sp³-hybridized carbons (Fsp3) is 0.235. The minimum atomic E-state index is -0.329. The van der Waals surface area contributed by atoms with Crippen molar-refractivity contribution >= 4 is 22.5 Å². The molecule has 0 aliphatic rings. The smallest absolute Gasteiger partial charge is 0.321 e. The van der Waals surface area contributed by atoms with Crippen LogP contribution in [-0.4, -0.2) is 16.2 Å². The Morgan fingerprint density at radius 2 is 2.00 bits per heavy atom. The molecule has 1 unspecified atom stereocenters. The van der Waals surface area contributed by atoms with Crippen LogP contribution < -0.4 is 10.6 Å². The maximum atomic E-state index is 12.0. The molecular formula is C17H18N4O2S. The van der Waals surface area contributed by atoms with E-state index in [-0.39, 0.29) is 12.1 Å². The van der Waals surface area contributed by atoms with E-state index in [9.17, 15) is 4.79 Å². The van der Waals surface area contributed by atoms with Gasteiger partial charge in [-0.25, -0.2) is 4.79 Å². The predicted octanol–water partition coefficient (Wildman–Crippen LogP) is 3.80. The van der Waals surface area contributed by atoms with E-state index in [1.54, 1.807) is 12.3 Å². The molecule has 2 aromatic heterocycles. The minimum absolute atomic E-state index is 0.217. The van der Waals surface area contributed by atoms with Gasteiger partial charge in [0.1, 0.15) is 10.8 Å². The van der Waals surface area contributed by atoms with Gasteiger partial charge in [0.15, 0.2) is 0 Å². The highest BCUT2D eigenvalue weighted by Crippen LogP contribution is 2.18. The number of hydrogen-bond donors (Lipinski definition) is 2. The fourth-order valence-electron chi connectivity index (χ4n) is 2.24. The lowest BCUT2D eigenvalue weighted by Crippen LogP contribution is -2.30. The van der Waals surface area contributed by atoms with E-state index in [1.165, 1.54) is 16.9 Å². The molecule has 1 aromatic carbocycles.